The lowest BCUT2D eigenvalue weighted by Gasteiger charge is -2.10. The van der Waals surface area contributed by atoms with Gasteiger partial charge >= 0.3 is 0 Å². The minimum atomic E-state index is -3.23. The zero-order chi connectivity index (χ0) is 13.6. The summed E-state index contributed by atoms with van der Waals surface area (Å²) in [5.41, 5.74) is 10.1. The molecule has 0 fully saturated rings. The van der Waals surface area contributed by atoms with Gasteiger partial charge in [-0.15, -0.1) is 0 Å². The first kappa shape index (κ1) is 14.4. The summed E-state index contributed by atoms with van der Waals surface area (Å²) < 4.78 is 24.2. The number of azide groups is 1. The highest BCUT2D eigenvalue weighted by Gasteiger charge is 2.11. The molecule has 0 saturated carbocycles. The summed E-state index contributed by atoms with van der Waals surface area (Å²) in [6.45, 7) is 2.11. The summed E-state index contributed by atoms with van der Waals surface area (Å²) in [7, 11) is -3.23. The number of hydrogen-bond acceptors (Lipinski definition) is 4. The highest BCUT2D eigenvalue weighted by atomic mass is 32.2. The number of rotatable bonds is 6. The molecule has 0 aliphatic carbocycles. The topological polar surface area (TPSA) is 108 Å². The highest BCUT2D eigenvalue weighted by Crippen LogP contribution is 2.19. The number of pyridine rings is 1. The van der Waals surface area contributed by atoms with E-state index < -0.39 is 16.1 Å². The summed E-state index contributed by atoms with van der Waals surface area (Å²) in [6, 6.07) is 3.17. The van der Waals surface area contributed by atoms with E-state index in [1.807, 2.05) is 13.0 Å². The molecule has 0 spiro atoms. The maximum atomic E-state index is 10.9. The number of sulfonamides is 1. The molecule has 0 amide bonds. The Balaban J connectivity index is 2.71. The van der Waals surface area contributed by atoms with Crippen LogP contribution in [0, 0.1) is 6.92 Å². The van der Waals surface area contributed by atoms with Crippen molar-refractivity contribution in [2.75, 3.05) is 12.8 Å². The largest absolute Gasteiger partial charge is 0.261 e. The van der Waals surface area contributed by atoms with Crippen molar-refractivity contribution in [3.05, 3.63) is 40.0 Å². The minimum Gasteiger partial charge on any atom is -0.261 e. The van der Waals surface area contributed by atoms with Gasteiger partial charge in [0, 0.05) is 23.3 Å². The summed E-state index contributed by atoms with van der Waals surface area (Å²) in [4.78, 5) is 6.93. The Morgan fingerprint density at radius 2 is 2.28 bits per heavy atom. The van der Waals surface area contributed by atoms with Crippen LogP contribution in [-0.2, 0) is 10.0 Å². The molecule has 1 N–H and O–H groups in total. The molecule has 0 aromatic carbocycles. The second kappa shape index (κ2) is 6.34. The highest BCUT2D eigenvalue weighted by molar-refractivity contribution is 7.88. The molecule has 1 aromatic heterocycles. The molecule has 0 saturated heterocycles. The van der Waals surface area contributed by atoms with Crippen LogP contribution in [0.4, 0.5) is 0 Å². The Labute approximate surface area is 106 Å². The quantitative estimate of drug-likeness (QED) is 0.482. The number of nitrogens with one attached hydrogen (secondary N) is 1. The average Bonchev–Trinajstić information content (AvgIpc) is 2.27. The van der Waals surface area contributed by atoms with Gasteiger partial charge in [0.05, 0.1) is 12.3 Å². The molecule has 0 aliphatic heterocycles. The molecule has 0 radical (unpaired) electrons. The lowest BCUT2D eigenvalue weighted by atomic mass is 10.1. The number of aromatic nitrogens is 1. The normalized spacial score (nSPS) is 12.8. The van der Waals surface area contributed by atoms with Crippen LogP contribution in [0.25, 0.3) is 10.4 Å². The Hall–Kier alpha value is -1.63. The minimum absolute atomic E-state index is 0.206. The smallest absolute Gasteiger partial charge is 0.208 e. The molecular weight excluding hydrogens is 254 g/mol. The lowest BCUT2D eigenvalue weighted by Crippen LogP contribution is -2.24. The van der Waals surface area contributed by atoms with Crippen molar-refractivity contribution in [3.63, 3.8) is 0 Å². The van der Waals surface area contributed by atoms with Gasteiger partial charge in [-0.25, -0.2) is 13.1 Å². The third-order valence-electron chi connectivity index (χ3n) is 2.25. The standard InChI is InChI=1S/C10H15N5O2S/c1-8-3-4-9(12-7-8)10(14-15-11)5-6-13-18(2,16)17/h3-4,7,10,13H,5-6H2,1-2H3. The maximum absolute atomic E-state index is 10.9. The van der Waals surface area contributed by atoms with E-state index in [1.54, 1.807) is 12.3 Å². The fourth-order valence-corrected chi connectivity index (χ4v) is 1.87. The Morgan fingerprint density at radius 1 is 1.56 bits per heavy atom. The van der Waals surface area contributed by atoms with Gasteiger partial charge in [-0.2, -0.15) is 0 Å². The first-order valence-corrected chi connectivity index (χ1v) is 7.23. The van der Waals surface area contributed by atoms with Gasteiger partial charge in [0.2, 0.25) is 10.0 Å². The van der Waals surface area contributed by atoms with Crippen LogP contribution < -0.4 is 4.72 Å². The summed E-state index contributed by atoms with van der Waals surface area (Å²) in [5, 5.41) is 3.63. The Bertz CT molecular complexity index is 534. The molecule has 98 valence electrons. The fraction of sp³-hybridized carbons (Fsp3) is 0.500. The third kappa shape index (κ3) is 5.13. The number of hydrogen-bond donors (Lipinski definition) is 1. The second-order valence-corrected chi connectivity index (χ2v) is 5.77. The van der Waals surface area contributed by atoms with Crippen LogP contribution in [0.5, 0.6) is 0 Å². The van der Waals surface area contributed by atoms with Crippen molar-refractivity contribution in [1.29, 1.82) is 0 Å². The van der Waals surface area contributed by atoms with Crippen molar-refractivity contribution >= 4 is 10.0 Å². The van der Waals surface area contributed by atoms with Crippen molar-refractivity contribution in [3.8, 4) is 0 Å². The zero-order valence-electron chi connectivity index (χ0n) is 10.2. The molecule has 1 rings (SSSR count). The predicted octanol–water partition coefficient (Wildman–Crippen LogP) is 1.68. The summed E-state index contributed by atoms with van der Waals surface area (Å²) in [5.74, 6) is 0. The maximum Gasteiger partial charge on any atom is 0.208 e. The number of nitrogens with zero attached hydrogens (tertiary/aromatic N) is 4. The van der Waals surface area contributed by atoms with Gasteiger partial charge in [-0.05, 0) is 30.5 Å². The van der Waals surface area contributed by atoms with Crippen LogP contribution in [-0.4, -0.2) is 26.2 Å². The Morgan fingerprint density at radius 3 is 2.78 bits per heavy atom. The van der Waals surface area contributed by atoms with E-state index in [-0.39, 0.29) is 6.54 Å². The molecule has 1 heterocycles. The van der Waals surface area contributed by atoms with Gasteiger partial charge in [0.15, 0.2) is 0 Å². The first-order chi connectivity index (χ1) is 8.42. The van der Waals surface area contributed by atoms with E-state index in [2.05, 4.69) is 19.7 Å². The molecule has 1 atom stereocenters. The van der Waals surface area contributed by atoms with Crippen molar-refractivity contribution in [1.82, 2.24) is 9.71 Å². The van der Waals surface area contributed by atoms with Crippen molar-refractivity contribution < 1.29 is 8.42 Å². The summed E-state index contributed by atoms with van der Waals surface area (Å²) in [6.07, 6.45) is 3.13. The average molecular weight is 269 g/mol. The van der Waals surface area contributed by atoms with Crippen LogP contribution in [0.15, 0.2) is 23.4 Å². The molecule has 1 aromatic rings. The molecule has 18 heavy (non-hydrogen) atoms. The van der Waals surface area contributed by atoms with Gasteiger partial charge < -0.3 is 0 Å². The molecular formula is C10H15N5O2S. The van der Waals surface area contributed by atoms with Crippen LogP contribution in [0.1, 0.15) is 23.7 Å². The molecule has 7 nitrogen and oxygen atoms in total. The summed E-state index contributed by atoms with van der Waals surface area (Å²) >= 11 is 0. The van der Waals surface area contributed by atoms with Crippen molar-refractivity contribution in [2.24, 2.45) is 5.11 Å². The lowest BCUT2D eigenvalue weighted by molar-refractivity contribution is 0.571. The van der Waals surface area contributed by atoms with Crippen molar-refractivity contribution in [2.45, 2.75) is 19.4 Å². The van der Waals surface area contributed by atoms with Gasteiger partial charge in [-0.3, -0.25) is 4.98 Å². The second-order valence-electron chi connectivity index (χ2n) is 3.94. The molecule has 8 heteroatoms. The predicted molar refractivity (Wildman–Crippen MR) is 68.3 cm³/mol. The van der Waals surface area contributed by atoms with Crippen LogP contribution >= 0.6 is 0 Å². The van der Waals surface area contributed by atoms with E-state index in [4.69, 9.17) is 5.53 Å². The van der Waals surface area contributed by atoms with Gasteiger partial charge in [0.1, 0.15) is 0 Å². The van der Waals surface area contributed by atoms with E-state index in [1.165, 1.54) is 0 Å². The Kier molecular flexibility index (Phi) is 5.08. The van der Waals surface area contributed by atoms with Gasteiger partial charge in [0.25, 0.3) is 0 Å². The van der Waals surface area contributed by atoms with E-state index >= 15 is 0 Å². The molecule has 1 unspecified atom stereocenters. The number of aryl methyl sites for hydroxylation is 1. The van der Waals surface area contributed by atoms with E-state index in [0.717, 1.165) is 11.8 Å². The monoisotopic (exact) mass is 269 g/mol. The van der Waals surface area contributed by atoms with E-state index in [0.29, 0.717) is 12.1 Å². The zero-order valence-corrected chi connectivity index (χ0v) is 11.1. The van der Waals surface area contributed by atoms with Crippen LogP contribution in [0.2, 0.25) is 0 Å². The fourth-order valence-electron chi connectivity index (χ4n) is 1.38. The third-order valence-corrected chi connectivity index (χ3v) is 2.98. The molecule has 0 aliphatic rings. The SMILES string of the molecule is Cc1ccc(C(CCNS(C)(=O)=O)N=[N+]=[N-])nc1. The van der Waals surface area contributed by atoms with Gasteiger partial charge in [-0.1, -0.05) is 11.2 Å². The first-order valence-electron chi connectivity index (χ1n) is 5.34. The molecule has 0 bridgehead atoms. The van der Waals surface area contributed by atoms with Crippen LogP contribution in [0.3, 0.4) is 0 Å². The van der Waals surface area contributed by atoms with E-state index in [9.17, 15) is 8.42 Å².